The van der Waals surface area contributed by atoms with E-state index in [1.807, 2.05) is 31.2 Å². The number of carbonyl (C=O) groups excluding carboxylic acids is 1. The average Bonchev–Trinajstić information content (AvgIpc) is 3.32. The standard InChI is InChI=1S/C22H19N3OS/c1-13(21-24-17-8-4-5-9-18(17)25-21)23-22(26)19-12-15-11-10-14-6-2-3-7-16(14)20(15)27-19/h2-9,12-13H,10-11H2,1H3,(H,23,26)(H,24,25). The second kappa shape index (κ2) is 6.35. The van der Waals surface area contributed by atoms with Crippen LogP contribution in [0.4, 0.5) is 0 Å². The maximum Gasteiger partial charge on any atom is 0.261 e. The predicted molar refractivity (Wildman–Crippen MR) is 109 cm³/mol. The molecular formula is C22H19N3OS. The SMILES string of the molecule is CC(NC(=O)c1cc2c(s1)-c1ccccc1CC2)c1nc2ccccc2[nH]1. The molecule has 0 fully saturated rings. The third-order valence-corrected chi connectivity index (χ3v) is 6.33. The third-order valence-electron chi connectivity index (χ3n) is 5.12. The number of rotatable bonds is 3. The lowest BCUT2D eigenvalue weighted by Crippen LogP contribution is -2.26. The first-order valence-electron chi connectivity index (χ1n) is 9.15. The summed E-state index contributed by atoms with van der Waals surface area (Å²) in [6.45, 7) is 1.96. The van der Waals surface area contributed by atoms with Gasteiger partial charge in [-0.2, -0.15) is 0 Å². The fourth-order valence-electron chi connectivity index (χ4n) is 3.70. The number of para-hydroxylation sites is 2. The minimum Gasteiger partial charge on any atom is -0.342 e. The molecule has 1 unspecified atom stereocenters. The van der Waals surface area contributed by atoms with Crippen LogP contribution in [-0.4, -0.2) is 15.9 Å². The number of thiophene rings is 1. The average molecular weight is 373 g/mol. The van der Waals surface area contributed by atoms with Crippen molar-refractivity contribution in [1.29, 1.82) is 0 Å². The van der Waals surface area contributed by atoms with Crippen LogP contribution in [-0.2, 0) is 12.8 Å². The third kappa shape index (κ3) is 2.84. The number of H-pyrrole nitrogens is 1. The number of benzene rings is 2. The van der Waals surface area contributed by atoms with Crippen LogP contribution in [0.5, 0.6) is 0 Å². The second-order valence-corrected chi connectivity index (χ2v) is 8.01. The van der Waals surface area contributed by atoms with Gasteiger partial charge in [0, 0.05) is 4.88 Å². The number of aromatic amines is 1. The Morgan fingerprint density at radius 2 is 1.89 bits per heavy atom. The molecule has 2 aromatic carbocycles. The predicted octanol–water partition coefficient (Wildman–Crippen LogP) is 4.88. The Morgan fingerprint density at radius 1 is 1.11 bits per heavy atom. The minimum absolute atomic E-state index is 0.0418. The highest BCUT2D eigenvalue weighted by Gasteiger charge is 2.22. The van der Waals surface area contributed by atoms with E-state index in [2.05, 4.69) is 45.6 Å². The summed E-state index contributed by atoms with van der Waals surface area (Å²) < 4.78 is 0. The summed E-state index contributed by atoms with van der Waals surface area (Å²) in [6, 6.07) is 18.2. The summed E-state index contributed by atoms with van der Waals surface area (Å²) in [5.74, 6) is 0.732. The van der Waals surface area contributed by atoms with Gasteiger partial charge in [-0.3, -0.25) is 4.79 Å². The zero-order chi connectivity index (χ0) is 18.4. The van der Waals surface area contributed by atoms with Gasteiger partial charge < -0.3 is 10.3 Å². The van der Waals surface area contributed by atoms with Crippen molar-refractivity contribution in [3.63, 3.8) is 0 Å². The highest BCUT2D eigenvalue weighted by molar-refractivity contribution is 7.17. The summed E-state index contributed by atoms with van der Waals surface area (Å²) in [5, 5.41) is 3.08. The van der Waals surface area contributed by atoms with Gasteiger partial charge in [-0.1, -0.05) is 36.4 Å². The quantitative estimate of drug-likeness (QED) is 0.538. The molecule has 27 heavy (non-hydrogen) atoms. The van der Waals surface area contributed by atoms with Crippen molar-refractivity contribution in [3.05, 3.63) is 76.4 Å². The number of aryl methyl sites for hydroxylation is 2. The van der Waals surface area contributed by atoms with Crippen molar-refractivity contribution in [3.8, 4) is 10.4 Å². The molecular weight excluding hydrogens is 354 g/mol. The first-order chi connectivity index (χ1) is 13.2. The molecule has 1 aliphatic rings. The molecule has 0 aliphatic heterocycles. The molecule has 5 rings (SSSR count). The number of imidazole rings is 1. The Balaban J connectivity index is 1.40. The number of fused-ring (bicyclic) bond motifs is 4. The van der Waals surface area contributed by atoms with Gasteiger partial charge in [0.25, 0.3) is 5.91 Å². The van der Waals surface area contributed by atoms with E-state index in [1.165, 1.54) is 21.6 Å². The van der Waals surface area contributed by atoms with E-state index < -0.39 is 0 Å². The fourth-order valence-corrected chi connectivity index (χ4v) is 4.87. The summed E-state index contributed by atoms with van der Waals surface area (Å²) in [7, 11) is 0. The number of nitrogens with one attached hydrogen (secondary N) is 2. The zero-order valence-electron chi connectivity index (χ0n) is 15.0. The molecule has 0 bridgehead atoms. The van der Waals surface area contributed by atoms with Crippen molar-refractivity contribution < 1.29 is 4.79 Å². The van der Waals surface area contributed by atoms with Crippen LogP contribution in [0.1, 0.15) is 39.6 Å². The van der Waals surface area contributed by atoms with Crippen molar-refractivity contribution in [2.45, 2.75) is 25.8 Å². The Labute approximate surface area is 161 Å². The van der Waals surface area contributed by atoms with Gasteiger partial charge in [0.05, 0.1) is 22.0 Å². The van der Waals surface area contributed by atoms with Crippen LogP contribution in [0.25, 0.3) is 21.5 Å². The molecule has 2 aromatic heterocycles. The van der Waals surface area contributed by atoms with Gasteiger partial charge >= 0.3 is 0 Å². The van der Waals surface area contributed by atoms with Crippen molar-refractivity contribution >= 4 is 28.3 Å². The lowest BCUT2D eigenvalue weighted by atomic mass is 9.91. The molecule has 4 nitrogen and oxygen atoms in total. The molecule has 1 atom stereocenters. The highest BCUT2D eigenvalue weighted by Crippen LogP contribution is 2.39. The van der Waals surface area contributed by atoms with Crippen molar-refractivity contribution in [1.82, 2.24) is 15.3 Å². The molecule has 4 aromatic rings. The summed E-state index contributed by atoms with van der Waals surface area (Å²) in [5.41, 5.74) is 5.82. The molecule has 0 saturated carbocycles. The van der Waals surface area contributed by atoms with Crippen molar-refractivity contribution in [2.75, 3.05) is 0 Å². The molecule has 0 saturated heterocycles. The molecule has 5 heteroatoms. The van der Waals surface area contributed by atoms with Crippen molar-refractivity contribution in [2.24, 2.45) is 0 Å². The number of hydrogen-bond acceptors (Lipinski definition) is 3. The van der Waals surface area contributed by atoms with Crippen LogP contribution in [0.3, 0.4) is 0 Å². The van der Waals surface area contributed by atoms with E-state index in [0.29, 0.717) is 0 Å². The number of hydrogen-bond donors (Lipinski definition) is 2. The van der Waals surface area contributed by atoms with Gasteiger partial charge in [0.1, 0.15) is 5.82 Å². The van der Waals surface area contributed by atoms with Crippen LogP contribution < -0.4 is 5.32 Å². The summed E-state index contributed by atoms with van der Waals surface area (Å²) in [6.07, 6.45) is 2.03. The summed E-state index contributed by atoms with van der Waals surface area (Å²) >= 11 is 1.59. The van der Waals surface area contributed by atoms with Gasteiger partial charge in [0.15, 0.2) is 0 Å². The Hall–Kier alpha value is -2.92. The Kier molecular flexibility index (Phi) is 3.83. The van der Waals surface area contributed by atoms with E-state index in [4.69, 9.17) is 0 Å². The smallest absolute Gasteiger partial charge is 0.261 e. The van der Waals surface area contributed by atoms with E-state index in [1.54, 1.807) is 11.3 Å². The molecule has 2 N–H and O–H groups in total. The maximum atomic E-state index is 12.8. The second-order valence-electron chi connectivity index (χ2n) is 6.96. The minimum atomic E-state index is -0.184. The molecule has 134 valence electrons. The molecule has 1 aliphatic carbocycles. The summed E-state index contributed by atoms with van der Waals surface area (Å²) in [4.78, 5) is 22.7. The maximum absolute atomic E-state index is 12.8. The van der Waals surface area contributed by atoms with Gasteiger partial charge in [0.2, 0.25) is 0 Å². The first-order valence-corrected chi connectivity index (χ1v) is 9.97. The topological polar surface area (TPSA) is 57.8 Å². The molecule has 1 amide bonds. The number of nitrogens with zero attached hydrogens (tertiary/aromatic N) is 1. The lowest BCUT2D eigenvalue weighted by Gasteiger charge is -2.15. The fraction of sp³-hybridized carbons (Fsp3) is 0.182. The Morgan fingerprint density at radius 3 is 2.78 bits per heavy atom. The molecule has 0 radical (unpaired) electrons. The number of carbonyl (C=O) groups is 1. The van der Waals surface area contributed by atoms with Crippen LogP contribution in [0, 0.1) is 0 Å². The zero-order valence-corrected chi connectivity index (χ0v) is 15.8. The van der Waals surface area contributed by atoms with Crippen LogP contribution in [0.15, 0.2) is 54.6 Å². The molecule has 0 spiro atoms. The van der Waals surface area contributed by atoms with E-state index in [0.717, 1.165) is 34.6 Å². The monoisotopic (exact) mass is 373 g/mol. The van der Waals surface area contributed by atoms with Crippen LogP contribution in [0.2, 0.25) is 0 Å². The van der Waals surface area contributed by atoms with Gasteiger partial charge in [-0.15, -0.1) is 11.3 Å². The number of aromatic nitrogens is 2. The van der Waals surface area contributed by atoms with E-state index in [-0.39, 0.29) is 11.9 Å². The molecule has 2 heterocycles. The first kappa shape index (κ1) is 16.3. The van der Waals surface area contributed by atoms with Gasteiger partial charge in [-0.25, -0.2) is 4.98 Å². The van der Waals surface area contributed by atoms with Gasteiger partial charge in [-0.05, 0) is 54.7 Å². The van der Waals surface area contributed by atoms with Crippen LogP contribution >= 0.6 is 11.3 Å². The number of amides is 1. The van der Waals surface area contributed by atoms with E-state index in [9.17, 15) is 4.79 Å². The normalized spacial score (nSPS) is 13.8. The largest absolute Gasteiger partial charge is 0.342 e. The van der Waals surface area contributed by atoms with E-state index >= 15 is 0 Å². The lowest BCUT2D eigenvalue weighted by molar-refractivity contribution is 0.0942. The highest BCUT2D eigenvalue weighted by atomic mass is 32.1. The Bertz CT molecular complexity index is 1120.